The maximum Gasteiger partial charge on any atom is 0.157 e. The molecule has 78 valence electrons. The van der Waals surface area contributed by atoms with Crippen LogP contribution in [0.15, 0.2) is 0 Å². The SMILES string of the molecule is COC1CC(O)OCC1NC(C)C. The van der Waals surface area contributed by atoms with Crippen molar-refractivity contribution < 1.29 is 14.6 Å². The maximum atomic E-state index is 9.23. The van der Waals surface area contributed by atoms with Gasteiger partial charge in [-0.05, 0) is 0 Å². The molecule has 0 radical (unpaired) electrons. The summed E-state index contributed by atoms with van der Waals surface area (Å²) >= 11 is 0. The first-order valence-electron chi connectivity index (χ1n) is 4.72. The summed E-state index contributed by atoms with van der Waals surface area (Å²) in [5, 5.41) is 12.6. The Bertz CT molecular complexity index is 152. The highest BCUT2D eigenvalue weighted by atomic mass is 16.6. The van der Waals surface area contributed by atoms with E-state index in [1.807, 2.05) is 0 Å². The summed E-state index contributed by atoms with van der Waals surface area (Å²) in [4.78, 5) is 0. The number of hydrogen-bond donors (Lipinski definition) is 2. The lowest BCUT2D eigenvalue weighted by atomic mass is 10.0. The molecule has 1 fully saturated rings. The van der Waals surface area contributed by atoms with E-state index in [-0.39, 0.29) is 12.1 Å². The van der Waals surface area contributed by atoms with Crippen LogP contribution in [-0.4, -0.2) is 43.3 Å². The molecule has 0 amide bonds. The minimum absolute atomic E-state index is 0.0474. The third-order valence-corrected chi connectivity index (χ3v) is 2.20. The molecule has 0 spiro atoms. The molecule has 0 aliphatic carbocycles. The molecular weight excluding hydrogens is 170 g/mol. The third kappa shape index (κ3) is 3.23. The van der Waals surface area contributed by atoms with Crippen LogP contribution in [0.5, 0.6) is 0 Å². The highest BCUT2D eigenvalue weighted by molar-refractivity contribution is 4.82. The van der Waals surface area contributed by atoms with Crippen LogP contribution in [-0.2, 0) is 9.47 Å². The number of methoxy groups -OCH3 is 1. The van der Waals surface area contributed by atoms with E-state index >= 15 is 0 Å². The van der Waals surface area contributed by atoms with Gasteiger partial charge in [0.2, 0.25) is 0 Å². The first-order valence-corrected chi connectivity index (χ1v) is 4.72. The van der Waals surface area contributed by atoms with Crippen molar-refractivity contribution in [3.05, 3.63) is 0 Å². The summed E-state index contributed by atoms with van der Waals surface area (Å²) in [5.74, 6) is 0. The molecule has 4 heteroatoms. The highest BCUT2D eigenvalue weighted by Crippen LogP contribution is 2.15. The normalized spacial score (nSPS) is 35.3. The van der Waals surface area contributed by atoms with Crippen LogP contribution in [0.1, 0.15) is 20.3 Å². The van der Waals surface area contributed by atoms with Crippen LogP contribution >= 0.6 is 0 Å². The standard InChI is InChI=1S/C9H19NO3/c1-6(2)10-7-5-13-9(11)4-8(7)12-3/h6-11H,4-5H2,1-3H3. The lowest BCUT2D eigenvalue weighted by Crippen LogP contribution is -2.52. The minimum atomic E-state index is -0.671. The Hall–Kier alpha value is -0.160. The lowest BCUT2D eigenvalue weighted by molar-refractivity contribution is -0.170. The summed E-state index contributed by atoms with van der Waals surface area (Å²) in [7, 11) is 1.66. The zero-order chi connectivity index (χ0) is 9.84. The summed E-state index contributed by atoms with van der Waals surface area (Å²) in [6.07, 6.45) is -0.0812. The number of rotatable bonds is 3. The molecule has 1 saturated heterocycles. The van der Waals surface area contributed by atoms with Crippen molar-refractivity contribution in [2.45, 2.75) is 44.7 Å². The van der Waals surface area contributed by atoms with Gasteiger partial charge in [-0.2, -0.15) is 0 Å². The van der Waals surface area contributed by atoms with Crippen molar-refractivity contribution in [2.24, 2.45) is 0 Å². The molecule has 1 aliphatic rings. The van der Waals surface area contributed by atoms with Gasteiger partial charge in [0, 0.05) is 19.6 Å². The van der Waals surface area contributed by atoms with Crippen molar-refractivity contribution in [3.63, 3.8) is 0 Å². The molecule has 3 atom stereocenters. The molecule has 3 unspecified atom stereocenters. The van der Waals surface area contributed by atoms with E-state index in [1.54, 1.807) is 7.11 Å². The van der Waals surface area contributed by atoms with Crippen molar-refractivity contribution >= 4 is 0 Å². The predicted molar refractivity (Wildman–Crippen MR) is 49.4 cm³/mol. The van der Waals surface area contributed by atoms with Gasteiger partial charge in [-0.15, -0.1) is 0 Å². The van der Waals surface area contributed by atoms with Gasteiger partial charge in [0.1, 0.15) is 0 Å². The fourth-order valence-corrected chi connectivity index (χ4v) is 1.60. The molecule has 1 heterocycles. The van der Waals surface area contributed by atoms with E-state index < -0.39 is 6.29 Å². The van der Waals surface area contributed by atoms with Crippen molar-refractivity contribution in [1.82, 2.24) is 5.32 Å². The molecule has 0 aromatic rings. The quantitative estimate of drug-likeness (QED) is 0.661. The van der Waals surface area contributed by atoms with Gasteiger partial charge in [0.05, 0.1) is 18.8 Å². The van der Waals surface area contributed by atoms with E-state index in [4.69, 9.17) is 9.47 Å². The molecular formula is C9H19NO3. The van der Waals surface area contributed by atoms with Crippen LogP contribution in [0.2, 0.25) is 0 Å². The Morgan fingerprint density at radius 2 is 2.23 bits per heavy atom. The second-order valence-corrected chi connectivity index (χ2v) is 3.73. The predicted octanol–water partition coefficient (Wildman–Crippen LogP) is 0.107. The van der Waals surface area contributed by atoms with Crippen LogP contribution < -0.4 is 5.32 Å². The Balaban J connectivity index is 2.42. The molecule has 4 nitrogen and oxygen atoms in total. The average molecular weight is 189 g/mol. The summed E-state index contributed by atoms with van der Waals surface area (Å²) in [5.41, 5.74) is 0. The number of ether oxygens (including phenoxy) is 2. The largest absolute Gasteiger partial charge is 0.380 e. The fraction of sp³-hybridized carbons (Fsp3) is 1.00. The first kappa shape index (κ1) is 10.9. The molecule has 13 heavy (non-hydrogen) atoms. The van der Waals surface area contributed by atoms with Gasteiger partial charge in [-0.25, -0.2) is 0 Å². The smallest absolute Gasteiger partial charge is 0.157 e. The molecule has 2 N–H and O–H groups in total. The second kappa shape index (κ2) is 4.91. The molecule has 1 rings (SSSR count). The van der Waals surface area contributed by atoms with E-state index in [9.17, 15) is 5.11 Å². The second-order valence-electron chi connectivity index (χ2n) is 3.73. The Kier molecular flexibility index (Phi) is 4.12. The van der Waals surface area contributed by atoms with Gasteiger partial charge in [0.25, 0.3) is 0 Å². The maximum absolute atomic E-state index is 9.23. The number of nitrogens with one attached hydrogen (secondary N) is 1. The monoisotopic (exact) mass is 189 g/mol. The highest BCUT2D eigenvalue weighted by Gasteiger charge is 2.30. The molecule has 0 saturated carbocycles. The molecule has 1 aliphatic heterocycles. The Labute approximate surface area is 79.2 Å². The van der Waals surface area contributed by atoms with Gasteiger partial charge in [-0.1, -0.05) is 13.8 Å². The molecule has 0 aromatic carbocycles. The summed E-state index contributed by atoms with van der Waals surface area (Å²) in [6.45, 7) is 4.67. The summed E-state index contributed by atoms with van der Waals surface area (Å²) < 4.78 is 10.4. The zero-order valence-electron chi connectivity index (χ0n) is 8.49. The fourth-order valence-electron chi connectivity index (χ4n) is 1.60. The van der Waals surface area contributed by atoms with E-state index in [0.29, 0.717) is 19.1 Å². The van der Waals surface area contributed by atoms with E-state index in [2.05, 4.69) is 19.2 Å². The van der Waals surface area contributed by atoms with Gasteiger partial charge >= 0.3 is 0 Å². The van der Waals surface area contributed by atoms with E-state index in [0.717, 1.165) is 0 Å². The number of aliphatic hydroxyl groups excluding tert-OH is 1. The molecule has 0 aromatic heterocycles. The van der Waals surface area contributed by atoms with Crippen LogP contribution in [0, 0.1) is 0 Å². The summed E-state index contributed by atoms with van der Waals surface area (Å²) in [6, 6.07) is 0.592. The Morgan fingerprint density at radius 3 is 2.77 bits per heavy atom. The van der Waals surface area contributed by atoms with E-state index in [1.165, 1.54) is 0 Å². The van der Waals surface area contributed by atoms with Crippen LogP contribution in [0.3, 0.4) is 0 Å². The topological polar surface area (TPSA) is 50.7 Å². The van der Waals surface area contributed by atoms with Gasteiger partial charge in [0.15, 0.2) is 6.29 Å². The van der Waals surface area contributed by atoms with Crippen LogP contribution in [0.4, 0.5) is 0 Å². The van der Waals surface area contributed by atoms with Gasteiger partial charge in [-0.3, -0.25) is 0 Å². The molecule has 0 bridgehead atoms. The third-order valence-electron chi connectivity index (χ3n) is 2.20. The average Bonchev–Trinajstić information content (AvgIpc) is 2.07. The van der Waals surface area contributed by atoms with Crippen molar-refractivity contribution in [2.75, 3.05) is 13.7 Å². The Morgan fingerprint density at radius 1 is 1.54 bits per heavy atom. The van der Waals surface area contributed by atoms with Gasteiger partial charge < -0.3 is 19.9 Å². The number of aliphatic hydroxyl groups is 1. The van der Waals surface area contributed by atoms with Crippen LogP contribution in [0.25, 0.3) is 0 Å². The van der Waals surface area contributed by atoms with Crippen molar-refractivity contribution in [1.29, 1.82) is 0 Å². The van der Waals surface area contributed by atoms with Crippen molar-refractivity contribution in [3.8, 4) is 0 Å². The number of hydrogen-bond acceptors (Lipinski definition) is 4. The first-order chi connectivity index (χ1) is 6.13. The minimum Gasteiger partial charge on any atom is -0.380 e. The zero-order valence-corrected chi connectivity index (χ0v) is 8.49. The lowest BCUT2D eigenvalue weighted by Gasteiger charge is -2.34.